The second-order valence-corrected chi connectivity index (χ2v) is 7.28. The molecule has 0 bridgehead atoms. The summed E-state index contributed by atoms with van der Waals surface area (Å²) in [6, 6.07) is 11.6. The smallest absolute Gasteiger partial charge is 0.227 e. The second-order valence-electron chi connectivity index (χ2n) is 7.28. The van der Waals surface area contributed by atoms with E-state index < -0.39 is 0 Å². The van der Waals surface area contributed by atoms with Crippen molar-refractivity contribution in [2.75, 3.05) is 20.2 Å². The van der Waals surface area contributed by atoms with E-state index in [4.69, 9.17) is 9.72 Å². The summed E-state index contributed by atoms with van der Waals surface area (Å²) in [6.07, 6.45) is 9.43. The van der Waals surface area contributed by atoms with Crippen molar-refractivity contribution in [2.45, 2.75) is 25.2 Å². The first-order chi connectivity index (χ1) is 14.2. The molecule has 148 valence electrons. The van der Waals surface area contributed by atoms with E-state index >= 15 is 0 Å². The van der Waals surface area contributed by atoms with Crippen LogP contribution in [0.3, 0.4) is 0 Å². The summed E-state index contributed by atoms with van der Waals surface area (Å²) >= 11 is 0. The first-order valence-corrected chi connectivity index (χ1v) is 9.86. The van der Waals surface area contributed by atoms with Crippen LogP contribution in [-0.4, -0.2) is 46.0 Å². The van der Waals surface area contributed by atoms with Crippen molar-refractivity contribution in [2.24, 2.45) is 0 Å². The molecule has 0 radical (unpaired) electrons. The SMILES string of the molecule is COc1cccc(-c2cncc(C3CCCN(C(=O)Cc4cccnc4)C3)n2)c1. The Morgan fingerprint density at radius 2 is 2.10 bits per heavy atom. The van der Waals surface area contributed by atoms with Gasteiger partial charge in [0.15, 0.2) is 0 Å². The molecule has 4 rings (SSSR count). The van der Waals surface area contributed by atoms with Crippen molar-refractivity contribution < 1.29 is 9.53 Å². The number of nitrogens with zero attached hydrogens (tertiary/aromatic N) is 4. The van der Waals surface area contributed by atoms with E-state index in [1.807, 2.05) is 47.5 Å². The van der Waals surface area contributed by atoms with Crippen LogP contribution in [0.15, 0.2) is 61.2 Å². The Bertz CT molecular complexity index is 977. The molecule has 6 nitrogen and oxygen atoms in total. The van der Waals surface area contributed by atoms with Gasteiger partial charge in [0.1, 0.15) is 5.75 Å². The Labute approximate surface area is 170 Å². The van der Waals surface area contributed by atoms with Gasteiger partial charge in [-0.15, -0.1) is 0 Å². The number of pyridine rings is 1. The number of hydrogen-bond acceptors (Lipinski definition) is 5. The van der Waals surface area contributed by atoms with Gasteiger partial charge in [-0.2, -0.15) is 0 Å². The molecule has 1 amide bonds. The van der Waals surface area contributed by atoms with Gasteiger partial charge in [-0.3, -0.25) is 14.8 Å². The summed E-state index contributed by atoms with van der Waals surface area (Å²) in [5.74, 6) is 1.12. The molecule has 1 unspecified atom stereocenters. The highest BCUT2D eigenvalue weighted by atomic mass is 16.5. The molecule has 1 aromatic carbocycles. The molecule has 29 heavy (non-hydrogen) atoms. The molecule has 1 atom stereocenters. The van der Waals surface area contributed by atoms with Gasteiger partial charge in [0.05, 0.1) is 31.1 Å². The number of ether oxygens (including phenoxy) is 1. The van der Waals surface area contributed by atoms with Gasteiger partial charge in [-0.1, -0.05) is 18.2 Å². The zero-order valence-corrected chi connectivity index (χ0v) is 16.5. The molecule has 3 aromatic rings. The molecule has 1 fully saturated rings. The first kappa shape index (κ1) is 19.1. The molecule has 1 aliphatic rings. The third kappa shape index (κ3) is 4.59. The van der Waals surface area contributed by atoms with E-state index in [2.05, 4.69) is 9.97 Å². The van der Waals surface area contributed by atoms with Crippen molar-refractivity contribution in [1.82, 2.24) is 19.9 Å². The molecule has 3 heterocycles. The van der Waals surface area contributed by atoms with Gasteiger partial charge in [-0.05, 0) is 36.6 Å². The van der Waals surface area contributed by atoms with Crippen molar-refractivity contribution >= 4 is 5.91 Å². The minimum absolute atomic E-state index is 0.139. The minimum Gasteiger partial charge on any atom is -0.497 e. The third-order valence-corrected chi connectivity index (χ3v) is 5.29. The Kier molecular flexibility index (Phi) is 5.79. The molecule has 2 aromatic heterocycles. The average Bonchev–Trinajstić information content (AvgIpc) is 2.80. The molecular formula is C23H24N4O2. The van der Waals surface area contributed by atoms with E-state index in [0.717, 1.165) is 47.7 Å². The van der Waals surface area contributed by atoms with Crippen LogP contribution in [0.1, 0.15) is 30.0 Å². The van der Waals surface area contributed by atoms with Gasteiger partial charge in [0, 0.05) is 43.2 Å². The van der Waals surface area contributed by atoms with Crippen LogP contribution in [-0.2, 0) is 11.2 Å². The number of benzene rings is 1. The summed E-state index contributed by atoms with van der Waals surface area (Å²) < 4.78 is 5.32. The maximum atomic E-state index is 12.8. The average molecular weight is 388 g/mol. The fourth-order valence-corrected chi connectivity index (χ4v) is 3.73. The maximum Gasteiger partial charge on any atom is 0.227 e. The first-order valence-electron chi connectivity index (χ1n) is 9.86. The number of methoxy groups -OCH3 is 1. The topological polar surface area (TPSA) is 68.2 Å². The summed E-state index contributed by atoms with van der Waals surface area (Å²) in [7, 11) is 1.65. The van der Waals surface area contributed by atoms with Gasteiger partial charge >= 0.3 is 0 Å². The van der Waals surface area contributed by atoms with Crippen molar-refractivity contribution in [3.05, 3.63) is 72.4 Å². The highest BCUT2D eigenvalue weighted by Crippen LogP contribution is 2.28. The molecule has 1 saturated heterocycles. The van der Waals surface area contributed by atoms with Gasteiger partial charge in [-0.25, -0.2) is 4.98 Å². The van der Waals surface area contributed by atoms with Crippen LogP contribution < -0.4 is 4.74 Å². The quantitative estimate of drug-likeness (QED) is 0.669. The number of amides is 1. The number of likely N-dealkylation sites (tertiary alicyclic amines) is 1. The number of carbonyl (C=O) groups is 1. The zero-order chi connectivity index (χ0) is 20.1. The predicted octanol–water partition coefficient (Wildman–Crippen LogP) is 3.50. The fraction of sp³-hybridized carbons (Fsp3) is 0.304. The van der Waals surface area contributed by atoms with Crippen LogP contribution in [0.25, 0.3) is 11.3 Å². The standard InChI is InChI=1S/C23H24N4O2/c1-29-20-8-2-6-18(12-20)21-14-25-15-22(26-21)19-7-4-10-27(16-19)23(28)11-17-5-3-9-24-13-17/h2-3,5-6,8-9,12-15,19H,4,7,10-11,16H2,1H3. The van der Waals surface area contributed by atoms with Gasteiger partial charge in [0.2, 0.25) is 5.91 Å². The van der Waals surface area contributed by atoms with E-state index in [1.165, 1.54) is 0 Å². The minimum atomic E-state index is 0.139. The normalized spacial score (nSPS) is 16.4. The Hall–Kier alpha value is -3.28. The van der Waals surface area contributed by atoms with Crippen LogP contribution in [0.5, 0.6) is 5.75 Å². The number of rotatable bonds is 5. The van der Waals surface area contributed by atoms with Crippen molar-refractivity contribution in [1.29, 1.82) is 0 Å². The highest BCUT2D eigenvalue weighted by Gasteiger charge is 2.26. The largest absolute Gasteiger partial charge is 0.497 e. The molecular weight excluding hydrogens is 364 g/mol. The summed E-state index contributed by atoms with van der Waals surface area (Å²) in [4.78, 5) is 28.1. The van der Waals surface area contributed by atoms with E-state index in [0.29, 0.717) is 13.0 Å². The maximum absolute atomic E-state index is 12.8. The monoisotopic (exact) mass is 388 g/mol. The Balaban J connectivity index is 1.49. The van der Waals surface area contributed by atoms with E-state index in [1.54, 1.807) is 25.7 Å². The Morgan fingerprint density at radius 1 is 1.17 bits per heavy atom. The van der Waals surface area contributed by atoms with Crippen molar-refractivity contribution in [3.8, 4) is 17.0 Å². The van der Waals surface area contributed by atoms with E-state index in [9.17, 15) is 4.79 Å². The zero-order valence-electron chi connectivity index (χ0n) is 16.5. The number of aromatic nitrogens is 3. The second kappa shape index (κ2) is 8.82. The number of piperidine rings is 1. The molecule has 1 aliphatic heterocycles. The lowest BCUT2D eigenvalue weighted by molar-refractivity contribution is -0.131. The molecule has 0 saturated carbocycles. The lowest BCUT2D eigenvalue weighted by Crippen LogP contribution is -2.40. The number of hydrogen-bond donors (Lipinski definition) is 0. The lowest BCUT2D eigenvalue weighted by Gasteiger charge is -2.32. The summed E-state index contributed by atoms with van der Waals surface area (Å²) in [5.41, 5.74) is 3.67. The molecule has 6 heteroatoms. The van der Waals surface area contributed by atoms with Crippen molar-refractivity contribution in [3.63, 3.8) is 0 Å². The highest BCUT2D eigenvalue weighted by molar-refractivity contribution is 5.78. The molecule has 0 aliphatic carbocycles. The lowest BCUT2D eigenvalue weighted by atomic mass is 9.94. The fourth-order valence-electron chi connectivity index (χ4n) is 3.73. The third-order valence-electron chi connectivity index (χ3n) is 5.29. The Morgan fingerprint density at radius 3 is 2.93 bits per heavy atom. The van der Waals surface area contributed by atoms with Crippen LogP contribution >= 0.6 is 0 Å². The van der Waals surface area contributed by atoms with Crippen LogP contribution in [0, 0.1) is 0 Å². The van der Waals surface area contributed by atoms with Crippen LogP contribution in [0.4, 0.5) is 0 Å². The predicted molar refractivity (Wildman–Crippen MR) is 111 cm³/mol. The van der Waals surface area contributed by atoms with E-state index in [-0.39, 0.29) is 11.8 Å². The summed E-state index contributed by atoms with van der Waals surface area (Å²) in [5, 5.41) is 0. The number of carbonyl (C=O) groups excluding carboxylic acids is 1. The molecule has 0 spiro atoms. The van der Waals surface area contributed by atoms with Crippen LogP contribution in [0.2, 0.25) is 0 Å². The van der Waals surface area contributed by atoms with Gasteiger partial charge in [0.25, 0.3) is 0 Å². The summed E-state index contributed by atoms with van der Waals surface area (Å²) in [6.45, 7) is 1.47. The van der Waals surface area contributed by atoms with Gasteiger partial charge < -0.3 is 9.64 Å². The molecule has 0 N–H and O–H groups in total.